The summed E-state index contributed by atoms with van der Waals surface area (Å²) in [6.07, 6.45) is 3.38. The molecule has 0 spiro atoms. The number of H-pyrrole nitrogens is 1. The third-order valence-corrected chi connectivity index (χ3v) is 4.72. The zero-order valence-corrected chi connectivity index (χ0v) is 14.2. The van der Waals surface area contributed by atoms with Crippen LogP contribution in [0, 0.1) is 0 Å². The molecule has 0 saturated carbocycles. The van der Waals surface area contributed by atoms with E-state index in [2.05, 4.69) is 20.5 Å². The van der Waals surface area contributed by atoms with Crippen LogP contribution < -0.4 is 0 Å². The first kappa shape index (κ1) is 16.5. The molecule has 0 radical (unpaired) electrons. The van der Waals surface area contributed by atoms with E-state index in [0.717, 1.165) is 24.1 Å². The number of hydrogen-bond acceptors (Lipinski definition) is 5. The largest absolute Gasteiger partial charge is 0.390 e. The van der Waals surface area contributed by atoms with E-state index >= 15 is 0 Å². The first-order valence-corrected chi connectivity index (χ1v) is 8.66. The number of aliphatic hydroxyl groups is 1. The van der Waals surface area contributed by atoms with Gasteiger partial charge in [0.25, 0.3) is 5.91 Å². The molecule has 0 bridgehead atoms. The number of aromatic nitrogens is 5. The predicted octanol–water partition coefficient (Wildman–Crippen LogP) is 1.64. The molecule has 3 aromatic rings. The van der Waals surface area contributed by atoms with Crippen molar-refractivity contribution >= 4 is 5.91 Å². The monoisotopic (exact) mass is 352 g/mol. The molecule has 1 saturated heterocycles. The molecule has 0 atom stereocenters. The van der Waals surface area contributed by atoms with Crippen molar-refractivity contribution in [3.05, 3.63) is 54.0 Å². The Hall–Kier alpha value is -3.00. The van der Waals surface area contributed by atoms with Gasteiger partial charge in [-0.2, -0.15) is 5.10 Å². The summed E-state index contributed by atoms with van der Waals surface area (Å²) >= 11 is 0. The number of likely N-dealkylation sites (tertiary alicyclic amines) is 1. The Balaban J connectivity index is 1.40. The summed E-state index contributed by atoms with van der Waals surface area (Å²) in [5.41, 5.74) is 2.82. The SMILES string of the molecule is O=C(c1cc(-c2ccccc2)n[nH]1)N1CCC(n2cc(CO)nn2)CC1. The highest BCUT2D eigenvalue weighted by molar-refractivity contribution is 5.93. The number of aliphatic hydroxyl groups excluding tert-OH is 1. The Kier molecular flexibility index (Phi) is 4.49. The number of carbonyl (C=O) groups excluding carboxylic acids is 1. The van der Waals surface area contributed by atoms with Gasteiger partial charge in [0.05, 0.1) is 24.5 Å². The summed E-state index contributed by atoms with van der Waals surface area (Å²) in [7, 11) is 0. The quantitative estimate of drug-likeness (QED) is 0.743. The fraction of sp³-hybridized carbons (Fsp3) is 0.333. The Morgan fingerprint density at radius 1 is 1.23 bits per heavy atom. The summed E-state index contributed by atoms with van der Waals surface area (Å²) in [5, 5.41) is 24.2. The average molecular weight is 352 g/mol. The molecule has 3 heterocycles. The normalized spacial score (nSPS) is 15.3. The number of hydrogen-bond donors (Lipinski definition) is 2. The molecule has 134 valence electrons. The molecular formula is C18H20N6O2. The van der Waals surface area contributed by atoms with Crippen molar-refractivity contribution in [1.29, 1.82) is 0 Å². The van der Waals surface area contributed by atoms with Crippen LogP contribution in [0.3, 0.4) is 0 Å². The first-order valence-electron chi connectivity index (χ1n) is 8.66. The van der Waals surface area contributed by atoms with Gasteiger partial charge in [-0.05, 0) is 18.9 Å². The van der Waals surface area contributed by atoms with Crippen LogP contribution in [0.1, 0.15) is 35.1 Å². The number of amides is 1. The van der Waals surface area contributed by atoms with Crippen molar-refractivity contribution in [3.8, 4) is 11.3 Å². The van der Waals surface area contributed by atoms with E-state index in [1.54, 1.807) is 16.9 Å². The van der Waals surface area contributed by atoms with E-state index < -0.39 is 0 Å². The molecule has 1 amide bonds. The lowest BCUT2D eigenvalue weighted by Gasteiger charge is -2.31. The number of rotatable bonds is 4. The van der Waals surface area contributed by atoms with Gasteiger partial charge in [0.1, 0.15) is 11.4 Å². The Bertz CT molecular complexity index is 880. The zero-order chi connectivity index (χ0) is 17.9. The molecule has 4 rings (SSSR count). The van der Waals surface area contributed by atoms with E-state index in [0.29, 0.717) is 24.5 Å². The predicted molar refractivity (Wildman–Crippen MR) is 94.1 cm³/mol. The minimum atomic E-state index is -0.110. The second-order valence-electron chi connectivity index (χ2n) is 6.40. The molecule has 1 aliphatic heterocycles. The summed E-state index contributed by atoms with van der Waals surface area (Å²) in [6.45, 7) is 1.19. The van der Waals surface area contributed by atoms with Crippen LogP contribution in [0.4, 0.5) is 0 Å². The fourth-order valence-corrected chi connectivity index (χ4v) is 3.26. The molecule has 8 nitrogen and oxygen atoms in total. The van der Waals surface area contributed by atoms with Gasteiger partial charge in [0.2, 0.25) is 0 Å². The third kappa shape index (κ3) is 3.23. The number of carbonyl (C=O) groups is 1. The molecular weight excluding hydrogens is 332 g/mol. The highest BCUT2D eigenvalue weighted by Gasteiger charge is 2.26. The van der Waals surface area contributed by atoms with E-state index in [-0.39, 0.29) is 18.6 Å². The van der Waals surface area contributed by atoms with E-state index in [1.807, 2.05) is 35.2 Å². The van der Waals surface area contributed by atoms with Crippen molar-refractivity contribution < 1.29 is 9.90 Å². The maximum atomic E-state index is 12.7. The average Bonchev–Trinajstić information content (AvgIpc) is 3.38. The van der Waals surface area contributed by atoms with Crippen LogP contribution in [-0.2, 0) is 6.61 Å². The summed E-state index contributed by atoms with van der Waals surface area (Å²) in [6, 6.07) is 11.8. The lowest BCUT2D eigenvalue weighted by atomic mass is 10.0. The Morgan fingerprint density at radius 2 is 2.00 bits per heavy atom. The summed E-state index contributed by atoms with van der Waals surface area (Å²) in [4.78, 5) is 14.6. The standard InChI is InChI=1S/C18H20N6O2/c25-12-14-11-24(22-19-14)15-6-8-23(9-7-15)18(26)17-10-16(20-21-17)13-4-2-1-3-5-13/h1-5,10-11,15,25H,6-9,12H2,(H,20,21). The van der Waals surface area contributed by atoms with E-state index in [9.17, 15) is 4.79 Å². The topological polar surface area (TPSA) is 99.9 Å². The lowest BCUT2D eigenvalue weighted by Crippen LogP contribution is -2.39. The van der Waals surface area contributed by atoms with Crippen LogP contribution in [-0.4, -0.2) is 54.2 Å². The highest BCUT2D eigenvalue weighted by Crippen LogP contribution is 2.24. The van der Waals surface area contributed by atoms with Gasteiger partial charge < -0.3 is 10.0 Å². The molecule has 2 N–H and O–H groups in total. The molecule has 0 unspecified atom stereocenters. The molecule has 8 heteroatoms. The maximum Gasteiger partial charge on any atom is 0.271 e. The first-order chi connectivity index (χ1) is 12.7. The van der Waals surface area contributed by atoms with Gasteiger partial charge in [-0.3, -0.25) is 9.89 Å². The second-order valence-corrected chi connectivity index (χ2v) is 6.40. The molecule has 1 fully saturated rings. The van der Waals surface area contributed by atoms with Crippen molar-refractivity contribution in [1.82, 2.24) is 30.1 Å². The molecule has 1 aromatic carbocycles. The number of benzene rings is 1. The molecule has 1 aliphatic rings. The van der Waals surface area contributed by atoms with Crippen LogP contribution in [0.5, 0.6) is 0 Å². The van der Waals surface area contributed by atoms with E-state index in [1.165, 1.54) is 0 Å². The van der Waals surface area contributed by atoms with E-state index in [4.69, 9.17) is 5.11 Å². The number of piperidine rings is 1. The van der Waals surface area contributed by atoms with Crippen molar-refractivity contribution in [2.45, 2.75) is 25.5 Å². The molecule has 2 aromatic heterocycles. The Labute approximate surface area is 150 Å². The number of aromatic amines is 1. The van der Waals surface area contributed by atoms with Crippen LogP contribution in [0.15, 0.2) is 42.6 Å². The van der Waals surface area contributed by atoms with Gasteiger partial charge in [-0.15, -0.1) is 5.10 Å². The maximum absolute atomic E-state index is 12.7. The van der Waals surface area contributed by atoms with Gasteiger partial charge in [-0.25, -0.2) is 4.68 Å². The lowest BCUT2D eigenvalue weighted by molar-refractivity contribution is 0.0683. The fourth-order valence-electron chi connectivity index (χ4n) is 3.26. The van der Waals surface area contributed by atoms with Gasteiger partial charge in [-0.1, -0.05) is 35.5 Å². The third-order valence-electron chi connectivity index (χ3n) is 4.72. The highest BCUT2D eigenvalue weighted by atomic mass is 16.3. The van der Waals surface area contributed by atoms with Gasteiger partial charge in [0.15, 0.2) is 0 Å². The van der Waals surface area contributed by atoms with Crippen molar-refractivity contribution in [2.24, 2.45) is 0 Å². The Morgan fingerprint density at radius 3 is 2.69 bits per heavy atom. The van der Waals surface area contributed by atoms with Crippen molar-refractivity contribution in [3.63, 3.8) is 0 Å². The van der Waals surface area contributed by atoms with Crippen LogP contribution in [0.2, 0.25) is 0 Å². The zero-order valence-electron chi connectivity index (χ0n) is 14.2. The summed E-state index contributed by atoms with van der Waals surface area (Å²) in [5.74, 6) is -0.0345. The number of nitrogens with one attached hydrogen (secondary N) is 1. The molecule has 0 aliphatic carbocycles. The van der Waals surface area contributed by atoms with Crippen LogP contribution >= 0.6 is 0 Å². The van der Waals surface area contributed by atoms with Crippen LogP contribution in [0.25, 0.3) is 11.3 Å². The summed E-state index contributed by atoms with van der Waals surface area (Å²) < 4.78 is 1.79. The van der Waals surface area contributed by atoms with Crippen molar-refractivity contribution in [2.75, 3.05) is 13.1 Å². The van der Waals surface area contributed by atoms with Gasteiger partial charge >= 0.3 is 0 Å². The smallest absolute Gasteiger partial charge is 0.271 e. The second kappa shape index (κ2) is 7.09. The number of nitrogens with zero attached hydrogens (tertiary/aromatic N) is 5. The molecule has 26 heavy (non-hydrogen) atoms. The minimum Gasteiger partial charge on any atom is -0.390 e. The van der Waals surface area contributed by atoms with Gasteiger partial charge in [0, 0.05) is 18.7 Å². The minimum absolute atomic E-state index is 0.0345.